The summed E-state index contributed by atoms with van der Waals surface area (Å²) in [7, 11) is 1.70. The van der Waals surface area contributed by atoms with E-state index in [1.807, 2.05) is 13.0 Å². The maximum Gasteiger partial charge on any atom is 0.254 e. The summed E-state index contributed by atoms with van der Waals surface area (Å²) < 4.78 is 5.38. The molecule has 0 saturated heterocycles. The van der Waals surface area contributed by atoms with Gasteiger partial charge >= 0.3 is 0 Å². The van der Waals surface area contributed by atoms with Crippen LogP contribution in [-0.2, 0) is 19.5 Å². The summed E-state index contributed by atoms with van der Waals surface area (Å²) in [4.78, 5) is 21.7. The molecule has 122 valence electrons. The highest BCUT2D eigenvalue weighted by molar-refractivity contribution is 5.43. The first-order chi connectivity index (χ1) is 11.0. The number of hydrogen-bond donors (Lipinski definition) is 1. The van der Waals surface area contributed by atoms with E-state index >= 15 is 0 Å². The zero-order valence-electron chi connectivity index (χ0n) is 14.2. The van der Waals surface area contributed by atoms with Gasteiger partial charge in [-0.25, -0.2) is 4.98 Å². The molecular formula is C18H23N3O2. The molecule has 1 aromatic heterocycles. The van der Waals surface area contributed by atoms with Crippen LogP contribution in [0.4, 0.5) is 0 Å². The number of ether oxygens (including phenoxy) is 1. The molecule has 3 rings (SSSR count). The van der Waals surface area contributed by atoms with Crippen molar-refractivity contribution in [2.45, 2.75) is 40.3 Å². The van der Waals surface area contributed by atoms with Gasteiger partial charge in [-0.05, 0) is 49.9 Å². The smallest absolute Gasteiger partial charge is 0.254 e. The Balaban J connectivity index is 1.83. The number of nitrogens with zero attached hydrogens (tertiary/aromatic N) is 2. The molecule has 1 aliphatic rings. The van der Waals surface area contributed by atoms with E-state index < -0.39 is 0 Å². The molecule has 0 unspecified atom stereocenters. The Hall–Kier alpha value is -2.14. The Morgan fingerprint density at radius 2 is 2.04 bits per heavy atom. The lowest BCUT2D eigenvalue weighted by molar-refractivity contribution is 0.239. The van der Waals surface area contributed by atoms with Gasteiger partial charge < -0.3 is 9.72 Å². The van der Waals surface area contributed by atoms with Crippen molar-refractivity contribution in [1.29, 1.82) is 0 Å². The molecule has 0 amide bonds. The standard InChI is InChI=1S/C18H23N3O2/c1-11-12(2)17(23-4)6-5-14(11)9-21-8-7-15-16(10-21)19-13(3)20-18(15)22/h5-6H,7-10H2,1-4H3,(H,19,20,22). The Labute approximate surface area is 136 Å². The fourth-order valence-corrected chi connectivity index (χ4v) is 3.24. The fraction of sp³-hybridized carbons (Fsp3) is 0.444. The first kappa shape index (κ1) is 15.7. The monoisotopic (exact) mass is 313 g/mol. The van der Waals surface area contributed by atoms with Gasteiger partial charge in [0.25, 0.3) is 5.56 Å². The third kappa shape index (κ3) is 3.01. The Bertz CT molecular complexity index is 796. The molecule has 0 radical (unpaired) electrons. The minimum absolute atomic E-state index is 0.0172. The number of fused-ring (bicyclic) bond motifs is 1. The van der Waals surface area contributed by atoms with Gasteiger partial charge in [0.2, 0.25) is 0 Å². The van der Waals surface area contributed by atoms with Crippen LogP contribution in [0.1, 0.15) is 33.8 Å². The average molecular weight is 313 g/mol. The second-order valence-electron chi connectivity index (χ2n) is 6.21. The van der Waals surface area contributed by atoms with E-state index in [1.54, 1.807) is 7.11 Å². The van der Waals surface area contributed by atoms with Crippen molar-refractivity contribution in [2.24, 2.45) is 0 Å². The van der Waals surface area contributed by atoms with Crippen LogP contribution in [0.15, 0.2) is 16.9 Å². The van der Waals surface area contributed by atoms with E-state index in [0.717, 1.165) is 43.1 Å². The third-order valence-electron chi connectivity index (χ3n) is 4.73. The number of aromatic amines is 1. The molecule has 0 atom stereocenters. The number of benzene rings is 1. The lowest BCUT2D eigenvalue weighted by Gasteiger charge is -2.28. The second-order valence-corrected chi connectivity index (χ2v) is 6.21. The molecule has 0 fully saturated rings. The molecule has 5 heteroatoms. The van der Waals surface area contributed by atoms with Crippen LogP contribution in [0.25, 0.3) is 0 Å². The number of aryl methyl sites for hydroxylation is 1. The van der Waals surface area contributed by atoms with Gasteiger partial charge in [-0.15, -0.1) is 0 Å². The van der Waals surface area contributed by atoms with E-state index in [2.05, 4.69) is 34.8 Å². The first-order valence-corrected chi connectivity index (χ1v) is 7.93. The van der Waals surface area contributed by atoms with Crippen molar-refractivity contribution in [3.05, 3.63) is 56.3 Å². The van der Waals surface area contributed by atoms with Crippen LogP contribution >= 0.6 is 0 Å². The molecule has 1 aromatic carbocycles. The van der Waals surface area contributed by atoms with Crippen LogP contribution in [0.2, 0.25) is 0 Å². The lowest BCUT2D eigenvalue weighted by Crippen LogP contribution is -2.35. The zero-order valence-corrected chi connectivity index (χ0v) is 14.2. The Kier molecular flexibility index (Phi) is 4.22. The van der Waals surface area contributed by atoms with E-state index in [9.17, 15) is 4.79 Å². The number of H-pyrrole nitrogens is 1. The topological polar surface area (TPSA) is 58.2 Å². The highest BCUT2D eigenvalue weighted by atomic mass is 16.5. The minimum Gasteiger partial charge on any atom is -0.496 e. The van der Waals surface area contributed by atoms with Gasteiger partial charge in [0.1, 0.15) is 11.6 Å². The summed E-state index contributed by atoms with van der Waals surface area (Å²) >= 11 is 0. The van der Waals surface area contributed by atoms with Gasteiger partial charge in [-0.3, -0.25) is 9.69 Å². The summed E-state index contributed by atoms with van der Waals surface area (Å²) in [6.45, 7) is 8.53. The molecule has 2 heterocycles. The third-order valence-corrected chi connectivity index (χ3v) is 4.73. The predicted molar refractivity (Wildman–Crippen MR) is 89.9 cm³/mol. The van der Waals surface area contributed by atoms with E-state index in [0.29, 0.717) is 5.82 Å². The first-order valence-electron chi connectivity index (χ1n) is 7.93. The van der Waals surface area contributed by atoms with Gasteiger partial charge in [-0.1, -0.05) is 6.07 Å². The summed E-state index contributed by atoms with van der Waals surface area (Å²) in [6, 6.07) is 4.16. The van der Waals surface area contributed by atoms with Crippen LogP contribution in [-0.4, -0.2) is 28.5 Å². The fourth-order valence-electron chi connectivity index (χ4n) is 3.24. The largest absolute Gasteiger partial charge is 0.496 e. The maximum atomic E-state index is 12.0. The molecule has 0 saturated carbocycles. The molecule has 23 heavy (non-hydrogen) atoms. The van der Waals surface area contributed by atoms with E-state index in [4.69, 9.17) is 4.74 Å². The molecule has 5 nitrogen and oxygen atoms in total. The van der Waals surface area contributed by atoms with Crippen LogP contribution in [0, 0.1) is 20.8 Å². The van der Waals surface area contributed by atoms with Crippen LogP contribution in [0.5, 0.6) is 5.75 Å². The summed E-state index contributed by atoms with van der Waals surface area (Å²) in [5, 5.41) is 0. The molecule has 1 aliphatic heterocycles. The zero-order chi connectivity index (χ0) is 16.6. The molecule has 0 aliphatic carbocycles. The van der Waals surface area contributed by atoms with Crippen LogP contribution < -0.4 is 10.3 Å². The van der Waals surface area contributed by atoms with Crippen molar-refractivity contribution in [3.8, 4) is 5.75 Å². The predicted octanol–water partition coefficient (Wildman–Crippen LogP) is 2.26. The normalized spacial score (nSPS) is 14.6. The van der Waals surface area contributed by atoms with Gasteiger partial charge in [0.15, 0.2) is 0 Å². The Morgan fingerprint density at radius 3 is 2.78 bits per heavy atom. The minimum atomic E-state index is 0.0172. The summed E-state index contributed by atoms with van der Waals surface area (Å²) in [5.74, 6) is 1.62. The van der Waals surface area contributed by atoms with Crippen molar-refractivity contribution in [2.75, 3.05) is 13.7 Å². The lowest BCUT2D eigenvalue weighted by atomic mass is 10.0. The molecular weight excluding hydrogens is 290 g/mol. The Morgan fingerprint density at radius 1 is 1.26 bits per heavy atom. The average Bonchev–Trinajstić information content (AvgIpc) is 2.51. The number of hydrogen-bond acceptors (Lipinski definition) is 4. The molecule has 0 bridgehead atoms. The van der Waals surface area contributed by atoms with Crippen molar-refractivity contribution in [1.82, 2.24) is 14.9 Å². The van der Waals surface area contributed by atoms with Gasteiger partial charge in [0, 0.05) is 25.2 Å². The summed E-state index contributed by atoms with van der Waals surface area (Å²) in [6.07, 6.45) is 0.756. The van der Waals surface area contributed by atoms with Crippen LogP contribution in [0.3, 0.4) is 0 Å². The van der Waals surface area contributed by atoms with Gasteiger partial charge in [0.05, 0.1) is 12.8 Å². The van der Waals surface area contributed by atoms with Gasteiger partial charge in [-0.2, -0.15) is 0 Å². The highest BCUT2D eigenvalue weighted by Crippen LogP contribution is 2.26. The number of aromatic nitrogens is 2. The quantitative estimate of drug-likeness (QED) is 0.944. The number of nitrogens with one attached hydrogen (secondary N) is 1. The van der Waals surface area contributed by atoms with Crippen molar-refractivity contribution < 1.29 is 4.74 Å². The van der Waals surface area contributed by atoms with Crippen molar-refractivity contribution in [3.63, 3.8) is 0 Å². The number of methoxy groups -OCH3 is 1. The van der Waals surface area contributed by atoms with E-state index in [-0.39, 0.29) is 5.56 Å². The molecule has 2 aromatic rings. The van der Waals surface area contributed by atoms with Crippen molar-refractivity contribution >= 4 is 0 Å². The molecule has 0 spiro atoms. The number of rotatable bonds is 3. The molecule has 1 N–H and O–H groups in total. The second kappa shape index (κ2) is 6.16. The SMILES string of the molecule is COc1ccc(CN2CCc3c(nc(C)[nH]c3=O)C2)c(C)c1C. The highest BCUT2D eigenvalue weighted by Gasteiger charge is 2.21. The summed E-state index contributed by atoms with van der Waals surface area (Å²) in [5.41, 5.74) is 5.53. The maximum absolute atomic E-state index is 12.0. The van der Waals surface area contributed by atoms with E-state index in [1.165, 1.54) is 16.7 Å².